The number of hydrogen-bond donors (Lipinski definition) is 4. The molecule has 6 N–H and O–H groups in total. The lowest BCUT2D eigenvalue weighted by Gasteiger charge is -2.04. The Labute approximate surface area is 143 Å². The van der Waals surface area contributed by atoms with Crippen molar-refractivity contribution in [3.05, 3.63) is 35.4 Å². The molecular weight excluding hydrogens is 308 g/mol. The lowest BCUT2D eigenvalue weighted by Crippen LogP contribution is -2.29. The van der Waals surface area contributed by atoms with E-state index in [-0.39, 0.29) is 17.3 Å². The molecule has 0 aliphatic rings. The lowest BCUT2D eigenvalue weighted by molar-refractivity contribution is 0.0681. The molecule has 0 aliphatic heterocycles. The molecule has 6 nitrogen and oxygen atoms in total. The molecule has 1 rings (SSSR count). The van der Waals surface area contributed by atoms with Crippen LogP contribution < -0.4 is 11.5 Å². The molecule has 136 valence electrons. The minimum Gasteiger partial charge on any atom is -0.478 e. The number of carboxylic acid groups (broad SMARTS) is 2. The van der Waals surface area contributed by atoms with Crippen molar-refractivity contribution in [2.24, 2.45) is 11.5 Å². The lowest BCUT2D eigenvalue weighted by atomic mass is 10.1. The number of unbranched alkanes of at least 4 members (excludes halogenated alkanes) is 6. The molecule has 0 heterocycles. The highest BCUT2D eigenvalue weighted by Crippen LogP contribution is 2.08. The average molecular weight is 338 g/mol. The van der Waals surface area contributed by atoms with Crippen LogP contribution in [0.4, 0.5) is 0 Å². The summed E-state index contributed by atoms with van der Waals surface area (Å²) >= 11 is 0. The summed E-state index contributed by atoms with van der Waals surface area (Å²) in [5.74, 6) is -2.13. The van der Waals surface area contributed by atoms with Crippen molar-refractivity contribution in [2.75, 3.05) is 0 Å². The first-order valence-electron chi connectivity index (χ1n) is 8.46. The first-order chi connectivity index (χ1) is 11.4. The van der Waals surface area contributed by atoms with E-state index in [1.807, 2.05) is 0 Å². The van der Waals surface area contributed by atoms with Gasteiger partial charge in [0, 0.05) is 0 Å². The molecule has 6 heteroatoms. The largest absolute Gasteiger partial charge is 0.478 e. The minimum atomic E-state index is -1.06. The van der Waals surface area contributed by atoms with Crippen LogP contribution in [0.3, 0.4) is 0 Å². The van der Waals surface area contributed by atoms with Crippen molar-refractivity contribution in [1.82, 2.24) is 0 Å². The predicted molar refractivity (Wildman–Crippen MR) is 95.1 cm³/mol. The zero-order valence-electron chi connectivity index (χ0n) is 14.4. The quantitative estimate of drug-likeness (QED) is 0.382. The summed E-state index contributed by atoms with van der Waals surface area (Å²) in [5.41, 5.74) is 11.0. The van der Waals surface area contributed by atoms with E-state index in [1.54, 1.807) is 0 Å². The number of hydrogen-bond acceptors (Lipinski definition) is 4. The summed E-state index contributed by atoms with van der Waals surface area (Å²) < 4.78 is 0. The van der Waals surface area contributed by atoms with Crippen LogP contribution >= 0.6 is 0 Å². The number of carbonyl (C=O) groups is 2. The summed E-state index contributed by atoms with van der Waals surface area (Å²) in [4.78, 5) is 20.7. The molecule has 1 aromatic carbocycles. The van der Waals surface area contributed by atoms with Gasteiger partial charge in [-0.25, -0.2) is 9.59 Å². The van der Waals surface area contributed by atoms with E-state index < -0.39 is 11.9 Å². The fourth-order valence-electron chi connectivity index (χ4n) is 2.09. The number of benzene rings is 1. The van der Waals surface area contributed by atoms with Crippen molar-refractivity contribution in [2.45, 2.75) is 64.5 Å². The second kappa shape index (κ2) is 13.5. The van der Waals surface area contributed by atoms with E-state index in [9.17, 15) is 9.59 Å². The summed E-state index contributed by atoms with van der Waals surface area (Å²) in [5, 5.41) is 16.9. The summed E-state index contributed by atoms with van der Waals surface area (Å²) in [6.45, 7) is 2.24. The van der Waals surface area contributed by atoms with Gasteiger partial charge in [0.15, 0.2) is 0 Å². The Morgan fingerprint density at radius 2 is 1.21 bits per heavy atom. The second-order valence-electron chi connectivity index (χ2n) is 5.76. The van der Waals surface area contributed by atoms with Crippen LogP contribution in [0.1, 0.15) is 79.0 Å². The molecular formula is C18H30N2O4. The third-order valence-corrected chi connectivity index (χ3v) is 3.52. The Kier molecular flexibility index (Phi) is 12.4. The number of rotatable bonds is 10. The van der Waals surface area contributed by atoms with Crippen molar-refractivity contribution < 1.29 is 19.8 Å². The standard InChI is InChI=1S/C10H24N2.C8H6O4/c1-2-3-4-5-6-7-8-9-10(11)12;9-7(10)5-1-2-6(4-3-5)8(11)12/h10H,2-9,11-12H2,1H3;1-4H,(H,9,10)(H,11,12). The van der Waals surface area contributed by atoms with Crippen molar-refractivity contribution in [3.8, 4) is 0 Å². The molecule has 0 amide bonds. The molecule has 1 aromatic rings. The molecule has 0 unspecified atom stereocenters. The third kappa shape index (κ3) is 11.6. The normalized spacial score (nSPS) is 10.2. The number of aromatic carboxylic acids is 2. The van der Waals surface area contributed by atoms with Crippen LogP contribution in [-0.2, 0) is 0 Å². The van der Waals surface area contributed by atoms with E-state index in [0.717, 1.165) is 6.42 Å². The van der Waals surface area contributed by atoms with Crippen molar-refractivity contribution in [3.63, 3.8) is 0 Å². The summed E-state index contributed by atoms with van der Waals surface area (Å²) in [6, 6.07) is 5.02. The topological polar surface area (TPSA) is 127 Å². The molecule has 24 heavy (non-hydrogen) atoms. The summed E-state index contributed by atoms with van der Waals surface area (Å²) in [6.07, 6.45) is 10.2. The van der Waals surface area contributed by atoms with Gasteiger partial charge in [0.1, 0.15) is 0 Å². The summed E-state index contributed by atoms with van der Waals surface area (Å²) in [7, 11) is 0. The first kappa shape index (κ1) is 22.1. The maximum atomic E-state index is 10.3. The number of carboxylic acids is 2. The first-order valence-corrected chi connectivity index (χ1v) is 8.46. The van der Waals surface area contributed by atoms with E-state index in [1.165, 1.54) is 69.2 Å². The monoisotopic (exact) mass is 338 g/mol. The van der Waals surface area contributed by atoms with E-state index in [2.05, 4.69) is 6.92 Å². The van der Waals surface area contributed by atoms with Gasteiger partial charge in [0.05, 0.1) is 17.3 Å². The fraction of sp³-hybridized carbons (Fsp3) is 0.556. The highest BCUT2D eigenvalue weighted by atomic mass is 16.4. The van der Waals surface area contributed by atoms with E-state index in [4.69, 9.17) is 21.7 Å². The zero-order valence-corrected chi connectivity index (χ0v) is 14.4. The van der Waals surface area contributed by atoms with Crippen LogP contribution in [0.2, 0.25) is 0 Å². The van der Waals surface area contributed by atoms with Gasteiger partial charge in [0.2, 0.25) is 0 Å². The van der Waals surface area contributed by atoms with Crippen molar-refractivity contribution >= 4 is 11.9 Å². The molecule has 0 aliphatic carbocycles. The van der Waals surface area contributed by atoms with Crippen molar-refractivity contribution in [1.29, 1.82) is 0 Å². The second-order valence-corrected chi connectivity index (χ2v) is 5.76. The Morgan fingerprint density at radius 3 is 1.54 bits per heavy atom. The molecule has 0 spiro atoms. The van der Waals surface area contributed by atoms with Gasteiger partial charge >= 0.3 is 11.9 Å². The van der Waals surface area contributed by atoms with Crippen LogP contribution in [-0.4, -0.2) is 28.3 Å². The van der Waals surface area contributed by atoms with Crippen LogP contribution in [0.5, 0.6) is 0 Å². The third-order valence-electron chi connectivity index (χ3n) is 3.52. The Morgan fingerprint density at radius 1 is 0.833 bits per heavy atom. The maximum absolute atomic E-state index is 10.3. The molecule has 0 bridgehead atoms. The molecule has 0 atom stereocenters. The zero-order chi connectivity index (χ0) is 18.4. The minimum absolute atomic E-state index is 0.0833. The number of nitrogens with two attached hydrogens (primary N) is 2. The van der Waals surface area contributed by atoms with Crippen LogP contribution in [0, 0.1) is 0 Å². The molecule has 0 saturated carbocycles. The Balaban J connectivity index is 0.000000441. The Bertz CT molecular complexity index is 439. The van der Waals surface area contributed by atoms with Gasteiger partial charge in [-0.2, -0.15) is 0 Å². The fourth-order valence-corrected chi connectivity index (χ4v) is 2.09. The SMILES string of the molecule is CCCCCCCCCC(N)N.O=C(O)c1ccc(C(=O)O)cc1. The van der Waals surface area contributed by atoms with Gasteiger partial charge in [-0.3, -0.25) is 0 Å². The van der Waals surface area contributed by atoms with Gasteiger partial charge < -0.3 is 21.7 Å². The van der Waals surface area contributed by atoms with Crippen LogP contribution in [0.15, 0.2) is 24.3 Å². The van der Waals surface area contributed by atoms with Gasteiger partial charge in [-0.05, 0) is 30.7 Å². The smallest absolute Gasteiger partial charge is 0.335 e. The van der Waals surface area contributed by atoms with Gasteiger partial charge in [-0.1, -0.05) is 51.9 Å². The van der Waals surface area contributed by atoms with Crippen LogP contribution in [0.25, 0.3) is 0 Å². The highest BCUT2D eigenvalue weighted by molar-refractivity contribution is 5.91. The maximum Gasteiger partial charge on any atom is 0.335 e. The highest BCUT2D eigenvalue weighted by Gasteiger charge is 2.04. The predicted octanol–water partition coefficient (Wildman–Crippen LogP) is 3.45. The molecule has 0 aromatic heterocycles. The average Bonchev–Trinajstić information content (AvgIpc) is 2.54. The van der Waals surface area contributed by atoms with E-state index in [0.29, 0.717) is 0 Å². The Hall–Kier alpha value is -1.92. The molecule has 0 saturated heterocycles. The van der Waals surface area contributed by atoms with Gasteiger partial charge in [-0.15, -0.1) is 0 Å². The van der Waals surface area contributed by atoms with Gasteiger partial charge in [0.25, 0.3) is 0 Å². The van der Waals surface area contributed by atoms with E-state index >= 15 is 0 Å². The molecule has 0 fully saturated rings. The molecule has 0 radical (unpaired) electrons.